The summed E-state index contributed by atoms with van der Waals surface area (Å²) in [4.78, 5) is 18.2. The Morgan fingerprint density at radius 1 is 1.26 bits per heavy atom. The predicted octanol–water partition coefficient (Wildman–Crippen LogP) is 1.88. The van der Waals surface area contributed by atoms with Gasteiger partial charge in [0.15, 0.2) is 5.82 Å². The van der Waals surface area contributed by atoms with Crippen molar-refractivity contribution < 1.29 is 14.6 Å². The van der Waals surface area contributed by atoms with E-state index in [2.05, 4.69) is 21.4 Å². The fourth-order valence-corrected chi connectivity index (χ4v) is 3.77. The Labute approximate surface area is 155 Å². The monoisotopic (exact) mass is 363 g/mol. The van der Waals surface area contributed by atoms with Gasteiger partial charge in [0, 0.05) is 11.8 Å². The van der Waals surface area contributed by atoms with Crippen molar-refractivity contribution in [3.05, 3.63) is 54.0 Å². The molecule has 1 fully saturated rings. The lowest BCUT2D eigenvalue weighted by molar-refractivity contribution is 0.0830. The van der Waals surface area contributed by atoms with E-state index in [1.165, 1.54) is 0 Å². The van der Waals surface area contributed by atoms with Gasteiger partial charge in [-0.05, 0) is 48.7 Å². The van der Waals surface area contributed by atoms with Crippen molar-refractivity contribution in [3.63, 3.8) is 0 Å². The topological polar surface area (TPSA) is 93.4 Å². The van der Waals surface area contributed by atoms with E-state index in [9.17, 15) is 9.90 Å². The van der Waals surface area contributed by atoms with Crippen molar-refractivity contribution in [2.75, 3.05) is 11.5 Å². The number of rotatable bonds is 3. The summed E-state index contributed by atoms with van der Waals surface area (Å²) < 4.78 is 6.86. The molecule has 1 saturated heterocycles. The third-order valence-corrected chi connectivity index (χ3v) is 5.08. The van der Waals surface area contributed by atoms with Crippen LogP contribution in [-0.4, -0.2) is 49.9 Å². The Bertz CT molecular complexity index is 1030. The maximum Gasteiger partial charge on any atom is 0.415 e. The first kappa shape index (κ1) is 16.0. The Hall–Kier alpha value is -3.26. The number of aromatic nitrogens is 4. The number of carbonyl (C=O) groups excluding carboxylic acids is 1. The van der Waals surface area contributed by atoms with Gasteiger partial charge >= 0.3 is 6.09 Å². The minimum atomic E-state index is -0.472. The van der Waals surface area contributed by atoms with Crippen molar-refractivity contribution in [1.29, 1.82) is 0 Å². The van der Waals surface area contributed by atoms with Crippen LogP contribution in [0.25, 0.3) is 16.9 Å². The first-order valence-electron chi connectivity index (χ1n) is 8.73. The summed E-state index contributed by atoms with van der Waals surface area (Å²) in [5.74, 6) is 0.703. The number of anilines is 1. The van der Waals surface area contributed by atoms with Crippen molar-refractivity contribution >= 4 is 11.8 Å². The minimum absolute atomic E-state index is 0.135. The molecular formula is C19H17N5O3. The van der Waals surface area contributed by atoms with Crippen LogP contribution in [-0.2, 0) is 11.2 Å². The van der Waals surface area contributed by atoms with Crippen LogP contribution in [0.1, 0.15) is 11.3 Å². The fourth-order valence-electron chi connectivity index (χ4n) is 3.77. The zero-order chi connectivity index (χ0) is 18.5. The van der Waals surface area contributed by atoms with E-state index in [1.54, 1.807) is 15.8 Å². The molecule has 0 radical (unpaired) electrons. The molecule has 2 aliphatic rings. The van der Waals surface area contributed by atoms with E-state index < -0.39 is 6.10 Å². The molecule has 136 valence electrons. The molecule has 1 aromatic carbocycles. The smallest absolute Gasteiger partial charge is 0.415 e. The molecule has 0 aliphatic carbocycles. The highest BCUT2D eigenvalue weighted by molar-refractivity contribution is 5.94. The van der Waals surface area contributed by atoms with E-state index in [0.717, 1.165) is 28.1 Å². The van der Waals surface area contributed by atoms with Gasteiger partial charge < -0.3 is 9.84 Å². The highest BCUT2D eigenvalue weighted by atomic mass is 16.6. The molecular weight excluding hydrogens is 346 g/mol. The first-order valence-corrected chi connectivity index (χ1v) is 8.73. The number of aliphatic hydroxyl groups is 1. The molecule has 5 rings (SSSR count). The second-order valence-corrected chi connectivity index (χ2v) is 6.80. The normalized spacial score (nSPS) is 20.5. The van der Waals surface area contributed by atoms with Crippen LogP contribution in [0.15, 0.2) is 42.7 Å². The Kier molecular flexibility index (Phi) is 3.48. The molecule has 2 atom stereocenters. The Morgan fingerprint density at radius 3 is 2.81 bits per heavy atom. The SMILES string of the molecule is Cc1cn(-c2ccc(-c3ccc4c(c3)C[C@H]3[C@H](CO)OC(=O)N43)cn2)nn1. The largest absolute Gasteiger partial charge is 0.441 e. The molecule has 0 unspecified atom stereocenters. The number of carbonyl (C=O) groups is 1. The lowest BCUT2D eigenvalue weighted by atomic mass is 10.0. The molecule has 27 heavy (non-hydrogen) atoms. The van der Waals surface area contributed by atoms with Crippen LogP contribution >= 0.6 is 0 Å². The molecule has 0 bridgehead atoms. The van der Waals surface area contributed by atoms with Crippen LogP contribution in [0, 0.1) is 6.92 Å². The minimum Gasteiger partial charge on any atom is -0.441 e. The average molecular weight is 363 g/mol. The predicted molar refractivity (Wildman–Crippen MR) is 96.7 cm³/mol. The lowest BCUT2D eigenvalue weighted by Gasteiger charge is -2.14. The second-order valence-electron chi connectivity index (χ2n) is 6.80. The summed E-state index contributed by atoms with van der Waals surface area (Å²) >= 11 is 0. The van der Waals surface area contributed by atoms with Gasteiger partial charge in [-0.2, -0.15) is 0 Å². The lowest BCUT2D eigenvalue weighted by Crippen LogP contribution is -2.34. The van der Waals surface area contributed by atoms with E-state index in [1.807, 2.05) is 37.4 Å². The average Bonchev–Trinajstić information content (AvgIpc) is 3.36. The first-order chi connectivity index (χ1) is 13.1. The molecule has 1 amide bonds. The van der Waals surface area contributed by atoms with E-state index in [-0.39, 0.29) is 18.7 Å². The number of benzene rings is 1. The van der Waals surface area contributed by atoms with Crippen LogP contribution < -0.4 is 4.90 Å². The van der Waals surface area contributed by atoms with Gasteiger partial charge in [-0.1, -0.05) is 11.3 Å². The summed E-state index contributed by atoms with van der Waals surface area (Å²) in [7, 11) is 0. The van der Waals surface area contributed by atoms with Crippen molar-refractivity contribution in [1.82, 2.24) is 20.0 Å². The molecule has 0 saturated carbocycles. The van der Waals surface area contributed by atoms with E-state index in [0.29, 0.717) is 12.2 Å². The number of cyclic esters (lactones) is 1. The summed E-state index contributed by atoms with van der Waals surface area (Å²) in [6.45, 7) is 1.71. The van der Waals surface area contributed by atoms with Crippen molar-refractivity contribution in [2.45, 2.75) is 25.5 Å². The second kappa shape index (κ2) is 5.88. The summed E-state index contributed by atoms with van der Waals surface area (Å²) in [5, 5.41) is 17.4. The maximum absolute atomic E-state index is 12.1. The zero-order valence-electron chi connectivity index (χ0n) is 14.6. The Morgan fingerprint density at radius 2 is 2.11 bits per heavy atom. The molecule has 2 aromatic heterocycles. The number of pyridine rings is 1. The number of fused-ring (bicyclic) bond motifs is 3. The van der Waals surface area contributed by atoms with Crippen molar-refractivity contribution in [3.8, 4) is 16.9 Å². The molecule has 4 heterocycles. The zero-order valence-corrected chi connectivity index (χ0v) is 14.6. The quantitative estimate of drug-likeness (QED) is 0.764. The number of ether oxygens (including phenoxy) is 1. The third-order valence-electron chi connectivity index (χ3n) is 5.08. The molecule has 0 spiro atoms. The van der Waals surface area contributed by atoms with E-state index >= 15 is 0 Å². The Balaban J connectivity index is 1.45. The van der Waals surface area contributed by atoms with Gasteiger partial charge in [0.2, 0.25) is 0 Å². The van der Waals surface area contributed by atoms with Crippen LogP contribution in [0.4, 0.5) is 10.5 Å². The number of hydrogen-bond donors (Lipinski definition) is 1. The van der Waals surface area contributed by atoms with E-state index in [4.69, 9.17) is 4.74 Å². The van der Waals surface area contributed by atoms with Gasteiger partial charge in [-0.3, -0.25) is 4.90 Å². The summed E-state index contributed by atoms with van der Waals surface area (Å²) in [6.07, 6.45) is 3.43. The summed E-state index contributed by atoms with van der Waals surface area (Å²) in [6, 6.07) is 9.72. The highest BCUT2D eigenvalue weighted by Gasteiger charge is 2.47. The van der Waals surface area contributed by atoms with Crippen LogP contribution in [0.3, 0.4) is 0 Å². The molecule has 8 nitrogen and oxygen atoms in total. The van der Waals surface area contributed by atoms with Crippen LogP contribution in [0.2, 0.25) is 0 Å². The number of hydrogen-bond acceptors (Lipinski definition) is 6. The van der Waals surface area contributed by atoms with Crippen molar-refractivity contribution in [2.24, 2.45) is 0 Å². The van der Waals surface area contributed by atoms with Gasteiger partial charge in [0.1, 0.15) is 6.10 Å². The van der Waals surface area contributed by atoms with Gasteiger partial charge in [-0.15, -0.1) is 5.10 Å². The highest BCUT2D eigenvalue weighted by Crippen LogP contribution is 2.40. The maximum atomic E-state index is 12.1. The summed E-state index contributed by atoms with van der Waals surface area (Å²) in [5.41, 5.74) is 4.76. The number of nitrogens with zero attached hydrogens (tertiary/aromatic N) is 5. The standard InChI is InChI=1S/C19H17N5O3/c1-11-9-23(22-21-11)18-5-3-13(8-20-18)12-2-4-15-14(6-12)7-16-17(10-25)27-19(26)24(15)16/h2-6,8-9,16-17,25H,7,10H2,1H3/t16-,17-/m0/s1. The fraction of sp³-hybridized carbons (Fsp3) is 0.263. The molecule has 2 aliphatic heterocycles. The number of amides is 1. The number of aryl methyl sites for hydroxylation is 1. The molecule has 3 aromatic rings. The van der Waals surface area contributed by atoms with Gasteiger partial charge in [0.25, 0.3) is 0 Å². The van der Waals surface area contributed by atoms with Gasteiger partial charge in [-0.25, -0.2) is 14.5 Å². The van der Waals surface area contributed by atoms with Gasteiger partial charge in [0.05, 0.1) is 30.2 Å². The molecule has 8 heteroatoms. The van der Waals surface area contributed by atoms with Crippen LogP contribution in [0.5, 0.6) is 0 Å². The molecule has 1 N–H and O–H groups in total. The third kappa shape index (κ3) is 2.48. The number of aliphatic hydroxyl groups excluding tert-OH is 1.